The van der Waals surface area contributed by atoms with Crippen LogP contribution < -0.4 is 10.6 Å². The van der Waals surface area contributed by atoms with E-state index in [9.17, 15) is 9.59 Å². The van der Waals surface area contributed by atoms with Crippen molar-refractivity contribution in [2.45, 2.75) is 64.8 Å². The predicted octanol–water partition coefficient (Wildman–Crippen LogP) is 2.76. The quantitative estimate of drug-likeness (QED) is 0.600. The Morgan fingerprint density at radius 1 is 1.25 bits per heavy atom. The second-order valence-corrected chi connectivity index (χ2v) is 6.14. The lowest BCUT2D eigenvalue weighted by Gasteiger charge is -2.21. The summed E-state index contributed by atoms with van der Waals surface area (Å²) in [5.74, 6) is 0.0656. The summed E-state index contributed by atoms with van der Waals surface area (Å²) in [5.41, 5.74) is 0. The predicted molar refractivity (Wildman–Crippen MR) is 78.6 cm³/mol. The highest BCUT2D eigenvalue weighted by Crippen LogP contribution is 2.28. The summed E-state index contributed by atoms with van der Waals surface area (Å²) in [6, 6.07) is -0.571. The zero-order chi connectivity index (χ0) is 15.0. The van der Waals surface area contributed by atoms with Gasteiger partial charge in [0.15, 0.2) is 0 Å². The number of amides is 2. The second-order valence-electron chi connectivity index (χ2n) is 6.14. The van der Waals surface area contributed by atoms with Gasteiger partial charge in [0, 0.05) is 12.6 Å². The molecule has 2 amide bonds. The SMILES string of the molecule is CC(C)C(CC(=O)O)NC(=O)NCCCC1CCCC1. The van der Waals surface area contributed by atoms with E-state index in [1.807, 2.05) is 13.8 Å². The van der Waals surface area contributed by atoms with Crippen LogP contribution in [-0.4, -0.2) is 29.7 Å². The number of carboxylic acid groups (broad SMARTS) is 1. The molecule has 1 rings (SSSR count). The van der Waals surface area contributed by atoms with Crippen molar-refractivity contribution < 1.29 is 14.7 Å². The van der Waals surface area contributed by atoms with Gasteiger partial charge >= 0.3 is 12.0 Å². The Morgan fingerprint density at radius 3 is 2.45 bits per heavy atom. The molecule has 1 fully saturated rings. The van der Waals surface area contributed by atoms with Crippen molar-refractivity contribution in [2.24, 2.45) is 11.8 Å². The molecule has 5 nitrogen and oxygen atoms in total. The Morgan fingerprint density at radius 2 is 1.90 bits per heavy atom. The first kappa shape index (κ1) is 16.8. The molecule has 1 atom stereocenters. The molecule has 0 spiro atoms. The molecular formula is C15H28N2O3. The van der Waals surface area contributed by atoms with Crippen LogP contribution in [-0.2, 0) is 4.79 Å². The lowest BCUT2D eigenvalue weighted by molar-refractivity contribution is -0.137. The highest BCUT2D eigenvalue weighted by Gasteiger charge is 2.19. The molecular weight excluding hydrogens is 256 g/mol. The molecule has 1 aliphatic rings. The molecule has 0 bridgehead atoms. The normalized spacial score (nSPS) is 17.1. The molecule has 0 aromatic rings. The van der Waals surface area contributed by atoms with Crippen molar-refractivity contribution in [3.8, 4) is 0 Å². The topological polar surface area (TPSA) is 78.4 Å². The molecule has 1 aliphatic carbocycles. The highest BCUT2D eigenvalue weighted by atomic mass is 16.4. The summed E-state index contributed by atoms with van der Waals surface area (Å²) in [7, 11) is 0. The van der Waals surface area contributed by atoms with Gasteiger partial charge in [-0.25, -0.2) is 4.79 Å². The van der Waals surface area contributed by atoms with Crippen LogP contribution >= 0.6 is 0 Å². The van der Waals surface area contributed by atoms with Gasteiger partial charge in [0.1, 0.15) is 0 Å². The summed E-state index contributed by atoms with van der Waals surface area (Å²) in [4.78, 5) is 22.5. The minimum Gasteiger partial charge on any atom is -0.481 e. The number of carbonyl (C=O) groups excluding carboxylic acids is 1. The van der Waals surface area contributed by atoms with E-state index in [1.165, 1.54) is 32.1 Å². The standard InChI is InChI=1S/C15H28N2O3/c1-11(2)13(10-14(18)19)17-15(20)16-9-5-8-12-6-3-4-7-12/h11-13H,3-10H2,1-2H3,(H,18,19)(H2,16,17,20). The highest BCUT2D eigenvalue weighted by molar-refractivity contribution is 5.75. The molecule has 0 aliphatic heterocycles. The average Bonchev–Trinajstić information content (AvgIpc) is 2.86. The van der Waals surface area contributed by atoms with Gasteiger partial charge in [-0.1, -0.05) is 39.5 Å². The summed E-state index contributed by atoms with van der Waals surface area (Å²) >= 11 is 0. The van der Waals surface area contributed by atoms with E-state index in [1.54, 1.807) is 0 Å². The molecule has 20 heavy (non-hydrogen) atoms. The van der Waals surface area contributed by atoms with Crippen molar-refractivity contribution in [3.63, 3.8) is 0 Å². The molecule has 1 saturated carbocycles. The van der Waals surface area contributed by atoms with Crippen LogP contribution in [0, 0.1) is 11.8 Å². The van der Waals surface area contributed by atoms with Crippen molar-refractivity contribution in [3.05, 3.63) is 0 Å². The molecule has 0 saturated heterocycles. The lowest BCUT2D eigenvalue weighted by atomic mass is 10.0. The maximum atomic E-state index is 11.7. The third-order valence-electron chi connectivity index (χ3n) is 4.07. The van der Waals surface area contributed by atoms with E-state index in [0.717, 1.165) is 12.3 Å². The van der Waals surface area contributed by atoms with Crippen LogP contribution in [0.15, 0.2) is 0 Å². The molecule has 0 radical (unpaired) electrons. The van der Waals surface area contributed by atoms with E-state index in [-0.39, 0.29) is 24.4 Å². The van der Waals surface area contributed by atoms with E-state index < -0.39 is 5.97 Å². The largest absolute Gasteiger partial charge is 0.481 e. The van der Waals surface area contributed by atoms with Gasteiger partial charge in [0.25, 0.3) is 0 Å². The van der Waals surface area contributed by atoms with E-state index >= 15 is 0 Å². The van der Waals surface area contributed by atoms with Crippen LogP contribution in [0.2, 0.25) is 0 Å². The van der Waals surface area contributed by atoms with Gasteiger partial charge in [-0.05, 0) is 24.7 Å². The third kappa shape index (κ3) is 6.78. The molecule has 5 heteroatoms. The Labute approximate surface area is 121 Å². The van der Waals surface area contributed by atoms with Crippen LogP contribution in [0.1, 0.15) is 58.8 Å². The fraction of sp³-hybridized carbons (Fsp3) is 0.867. The van der Waals surface area contributed by atoms with Gasteiger partial charge in [-0.15, -0.1) is 0 Å². The monoisotopic (exact) mass is 284 g/mol. The van der Waals surface area contributed by atoms with Gasteiger partial charge in [-0.3, -0.25) is 4.79 Å². The number of carboxylic acids is 1. The summed E-state index contributed by atoms with van der Waals surface area (Å²) in [6.45, 7) is 4.49. The van der Waals surface area contributed by atoms with Crippen molar-refractivity contribution in [2.75, 3.05) is 6.54 Å². The second kappa shape index (κ2) is 8.82. The Bertz CT molecular complexity index is 312. The number of hydrogen-bond donors (Lipinski definition) is 3. The maximum Gasteiger partial charge on any atom is 0.315 e. The van der Waals surface area contributed by atoms with Crippen molar-refractivity contribution in [1.82, 2.24) is 10.6 Å². The number of carbonyl (C=O) groups is 2. The zero-order valence-corrected chi connectivity index (χ0v) is 12.7. The molecule has 116 valence electrons. The van der Waals surface area contributed by atoms with Gasteiger partial charge in [0.05, 0.1) is 6.42 Å². The summed E-state index contributed by atoms with van der Waals surface area (Å²) < 4.78 is 0. The fourth-order valence-electron chi connectivity index (χ4n) is 2.75. The maximum absolute atomic E-state index is 11.7. The average molecular weight is 284 g/mol. The molecule has 1 unspecified atom stereocenters. The minimum atomic E-state index is -0.884. The first-order valence-corrected chi connectivity index (χ1v) is 7.75. The zero-order valence-electron chi connectivity index (χ0n) is 12.7. The van der Waals surface area contributed by atoms with Crippen molar-refractivity contribution in [1.29, 1.82) is 0 Å². The molecule has 3 N–H and O–H groups in total. The Kier molecular flexibility index (Phi) is 7.41. The van der Waals surface area contributed by atoms with E-state index in [0.29, 0.717) is 6.54 Å². The van der Waals surface area contributed by atoms with Crippen LogP contribution in [0.25, 0.3) is 0 Å². The Hall–Kier alpha value is -1.26. The molecule has 0 aromatic carbocycles. The van der Waals surface area contributed by atoms with Gasteiger partial charge in [-0.2, -0.15) is 0 Å². The minimum absolute atomic E-state index is 0.0346. The number of rotatable bonds is 8. The van der Waals surface area contributed by atoms with E-state index in [2.05, 4.69) is 10.6 Å². The number of nitrogens with one attached hydrogen (secondary N) is 2. The van der Waals surface area contributed by atoms with Gasteiger partial charge < -0.3 is 15.7 Å². The first-order chi connectivity index (χ1) is 9.49. The van der Waals surface area contributed by atoms with Crippen LogP contribution in [0.3, 0.4) is 0 Å². The number of hydrogen-bond acceptors (Lipinski definition) is 2. The fourth-order valence-corrected chi connectivity index (χ4v) is 2.75. The lowest BCUT2D eigenvalue weighted by Crippen LogP contribution is -2.45. The smallest absolute Gasteiger partial charge is 0.315 e. The molecule has 0 heterocycles. The summed E-state index contributed by atoms with van der Waals surface area (Å²) in [6.07, 6.45) is 7.52. The van der Waals surface area contributed by atoms with E-state index in [4.69, 9.17) is 5.11 Å². The van der Waals surface area contributed by atoms with Gasteiger partial charge in [0.2, 0.25) is 0 Å². The first-order valence-electron chi connectivity index (χ1n) is 7.75. The molecule has 0 aromatic heterocycles. The number of aliphatic carboxylic acids is 1. The number of urea groups is 1. The Balaban J connectivity index is 2.15. The van der Waals surface area contributed by atoms with Crippen LogP contribution in [0.4, 0.5) is 4.79 Å². The van der Waals surface area contributed by atoms with Crippen molar-refractivity contribution >= 4 is 12.0 Å². The third-order valence-corrected chi connectivity index (χ3v) is 4.07. The summed E-state index contributed by atoms with van der Waals surface area (Å²) in [5, 5.41) is 14.4. The van der Waals surface area contributed by atoms with Crippen LogP contribution in [0.5, 0.6) is 0 Å².